The van der Waals surface area contributed by atoms with E-state index in [2.05, 4.69) is 37.4 Å². The molecule has 1 aromatic carbocycles. The van der Waals surface area contributed by atoms with E-state index in [0.717, 1.165) is 6.54 Å². The van der Waals surface area contributed by atoms with Crippen molar-refractivity contribution in [1.82, 2.24) is 10.2 Å². The van der Waals surface area contributed by atoms with E-state index < -0.39 is 0 Å². The minimum Gasteiger partial charge on any atom is -0.390 e. The van der Waals surface area contributed by atoms with Crippen LogP contribution in [0.3, 0.4) is 0 Å². The number of nitrogens with zero attached hydrogens (tertiary/aromatic N) is 1. The summed E-state index contributed by atoms with van der Waals surface area (Å²) in [6.45, 7) is 6.37. The van der Waals surface area contributed by atoms with Crippen molar-refractivity contribution in [2.45, 2.75) is 26.5 Å². The fourth-order valence-electron chi connectivity index (χ4n) is 1.90. The SMILES string of the molecule is Cc1ccc(CNC[C@@H](O)CN(C)C)c(C)c1. The number of hydrogen-bond donors (Lipinski definition) is 2. The van der Waals surface area contributed by atoms with Crippen LogP contribution in [0.2, 0.25) is 0 Å². The quantitative estimate of drug-likeness (QED) is 0.782. The van der Waals surface area contributed by atoms with Crippen LogP contribution in [0.15, 0.2) is 18.2 Å². The maximum Gasteiger partial charge on any atom is 0.0791 e. The van der Waals surface area contributed by atoms with Gasteiger partial charge in [0.05, 0.1) is 6.10 Å². The van der Waals surface area contributed by atoms with E-state index >= 15 is 0 Å². The van der Waals surface area contributed by atoms with Gasteiger partial charge in [0.25, 0.3) is 0 Å². The van der Waals surface area contributed by atoms with Crippen LogP contribution in [0.25, 0.3) is 0 Å². The van der Waals surface area contributed by atoms with E-state index in [1.807, 2.05) is 19.0 Å². The van der Waals surface area contributed by atoms with Crippen LogP contribution >= 0.6 is 0 Å². The van der Waals surface area contributed by atoms with Crippen molar-refractivity contribution in [3.05, 3.63) is 34.9 Å². The van der Waals surface area contributed by atoms with Gasteiger partial charge in [0.1, 0.15) is 0 Å². The second-order valence-electron chi connectivity index (χ2n) is 4.98. The summed E-state index contributed by atoms with van der Waals surface area (Å²) >= 11 is 0. The first-order chi connectivity index (χ1) is 7.99. The van der Waals surface area contributed by atoms with Gasteiger partial charge in [-0.25, -0.2) is 0 Å². The number of aryl methyl sites for hydroxylation is 2. The van der Waals surface area contributed by atoms with Gasteiger partial charge >= 0.3 is 0 Å². The molecule has 1 aromatic rings. The zero-order valence-electron chi connectivity index (χ0n) is 11.3. The van der Waals surface area contributed by atoms with Gasteiger partial charge in [0.15, 0.2) is 0 Å². The van der Waals surface area contributed by atoms with Crippen molar-refractivity contribution in [1.29, 1.82) is 0 Å². The molecule has 96 valence electrons. The van der Waals surface area contributed by atoms with Gasteiger partial charge in [0.2, 0.25) is 0 Å². The molecule has 0 fully saturated rings. The summed E-state index contributed by atoms with van der Waals surface area (Å²) in [6.07, 6.45) is -0.309. The number of benzene rings is 1. The molecular weight excluding hydrogens is 212 g/mol. The van der Waals surface area contributed by atoms with Crippen LogP contribution in [0, 0.1) is 13.8 Å². The number of aliphatic hydroxyl groups is 1. The minimum atomic E-state index is -0.309. The Morgan fingerprint density at radius 1 is 1.29 bits per heavy atom. The molecule has 0 bridgehead atoms. The Balaban J connectivity index is 2.35. The van der Waals surface area contributed by atoms with Gasteiger partial charge in [-0.2, -0.15) is 0 Å². The van der Waals surface area contributed by atoms with E-state index in [9.17, 15) is 5.11 Å². The standard InChI is InChI=1S/C14H24N2O/c1-11-5-6-13(12(2)7-11)8-15-9-14(17)10-16(3)4/h5-7,14-15,17H,8-10H2,1-4H3/t14-/m1/s1. The molecule has 0 unspecified atom stereocenters. The molecular formula is C14H24N2O. The zero-order chi connectivity index (χ0) is 12.8. The van der Waals surface area contributed by atoms with Crippen molar-refractivity contribution >= 4 is 0 Å². The Kier molecular flexibility index (Phi) is 5.62. The number of hydrogen-bond acceptors (Lipinski definition) is 3. The van der Waals surface area contributed by atoms with E-state index in [1.165, 1.54) is 16.7 Å². The lowest BCUT2D eigenvalue weighted by Gasteiger charge is -2.17. The average Bonchev–Trinajstić information content (AvgIpc) is 2.20. The lowest BCUT2D eigenvalue weighted by Crippen LogP contribution is -2.34. The molecule has 0 aliphatic carbocycles. The molecule has 0 spiro atoms. The predicted molar refractivity (Wildman–Crippen MR) is 72.2 cm³/mol. The lowest BCUT2D eigenvalue weighted by atomic mass is 10.1. The van der Waals surface area contributed by atoms with Crippen molar-refractivity contribution in [2.75, 3.05) is 27.2 Å². The van der Waals surface area contributed by atoms with Gasteiger partial charge in [-0.1, -0.05) is 23.8 Å². The largest absolute Gasteiger partial charge is 0.390 e. The van der Waals surface area contributed by atoms with Crippen molar-refractivity contribution in [3.63, 3.8) is 0 Å². The van der Waals surface area contributed by atoms with Gasteiger partial charge in [-0.05, 0) is 39.1 Å². The molecule has 0 saturated heterocycles. The van der Waals surface area contributed by atoms with Gasteiger partial charge in [-0.15, -0.1) is 0 Å². The van der Waals surface area contributed by atoms with E-state index in [4.69, 9.17) is 0 Å². The smallest absolute Gasteiger partial charge is 0.0791 e. The van der Waals surface area contributed by atoms with Crippen LogP contribution in [0.4, 0.5) is 0 Å². The molecule has 0 aliphatic rings. The topological polar surface area (TPSA) is 35.5 Å². The van der Waals surface area contributed by atoms with Crippen molar-refractivity contribution in [3.8, 4) is 0 Å². The molecule has 1 rings (SSSR count). The Bertz CT molecular complexity index is 350. The third kappa shape index (κ3) is 5.31. The number of likely N-dealkylation sites (N-methyl/N-ethyl adjacent to an activating group) is 1. The summed E-state index contributed by atoms with van der Waals surface area (Å²) in [7, 11) is 3.93. The zero-order valence-corrected chi connectivity index (χ0v) is 11.3. The molecule has 2 N–H and O–H groups in total. The highest BCUT2D eigenvalue weighted by Crippen LogP contribution is 2.09. The molecule has 0 aliphatic heterocycles. The Labute approximate surface area is 104 Å². The maximum absolute atomic E-state index is 9.71. The van der Waals surface area contributed by atoms with Crippen LogP contribution < -0.4 is 5.32 Å². The first kappa shape index (κ1) is 14.2. The van der Waals surface area contributed by atoms with E-state index in [0.29, 0.717) is 13.1 Å². The molecule has 0 heterocycles. The minimum absolute atomic E-state index is 0.309. The van der Waals surface area contributed by atoms with Crippen LogP contribution in [-0.4, -0.2) is 43.3 Å². The Morgan fingerprint density at radius 3 is 2.59 bits per heavy atom. The number of rotatable bonds is 6. The summed E-state index contributed by atoms with van der Waals surface area (Å²) in [5.41, 5.74) is 3.89. The van der Waals surface area contributed by atoms with E-state index in [-0.39, 0.29) is 6.10 Å². The van der Waals surface area contributed by atoms with Gasteiger partial charge in [-0.3, -0.25) is 0 Å². The molecule has 1 atom stereocenters. The summed E-state index contributed by atoms with van der Waals surface area (Å²) in [5.74, 6) is 0. The van der Waals surface area contributed by atoms with E-state index in [1.54, 1.807) is 0 Å². The lowest BCUT2D eigenvalue weighted by molar-refractivity contribution is 0.134. The molecule has 0 radical (unpaired) electrons. The summed E-state index contributed by atoms with van der Waals surface area (Å²) in [4.78, 5) is 1.99. The van der Waals surface area contributed by atoms with Crippen molar-refractivity contribution < 1.29 is 5.11 Å². The first-order valence-corrected chi connectivity index (χ1v) is 6.08. The average molecular weight is 236 g/mol. The normalized spacial score (nSPS) is 13.1. The highest BCUT2D eigenvalue weighted by Gasteiger charge is 2.05. The summed E-state index contributed by atoms with van der Waals surface area (Å²) in [5, 5.41) is 13.0. The van der Waals surface area contributed by atoms with Crippen LogP contribution in [-0.2, 0) is 6.54 Å². The molecule has 17 heavy (non-hydrogen) atoms. The fourth-order valence-corrected chi connectivity index (χ4v) is 1.90. The summed E-state index contributed by atoms with van der Waals surface area (Å²) in [6, 6.07) is 6.46. The second-order valence-corrected chi connectivity index (χ2v) is 4.98. The number of nitrogens with one attached hydrogen (secondary N) is 1. The third-order valence-electron chi connectivity index (χ3n) is 2.77. The van der Waals surface area contributed by atoms with Crippen LogP contribution in [0.5, 0.6) is 0 Å². The monoisotopic (exact) mass is 236 g/mol. The fraction of sp³-hybridized carbons (Fsp3) is 0.571. The van der Waals surface area contributed by atoms with Crippen LogP contribution in [0.1, 0.15) is 16.7 Å². The van der Waals surface area contributed by atoms with Gasteiger partial charge in [0, 0.05) is 19.6 Å². The van der Waals surface area contributed by atoms with Gasteiger partial charge < -0.3 is 15.3 Å². The maximum atomic E-state index is 9.71. The summed E-state index contributed by atoms with van der Waals surface area (Å²) < 4.78 is 0. The Morgan fingerprint density at radius 2 is 2.00 bits per heavy atom. The van der Waals surface area contributed by atoms with Crippen molar-refractivity contribution in [2.24, 2.45) is 0 Å². The first-order valence-electron chi connectivity index (χ1n) is 6.08. The molecule has 0 amide bonds. The molecule has 3 nitrogen and oxygen atoms in total. The predicted octanol–water partition coefficient (Wildman–Crippen LogP) is 1.32. The second kappa shape index (κ2) is 6.74. The molecule has 0 saturated carbocycles. The molecule has 0 aromatic heterocycles. The highest BCUT2D eigenvalue weighted by molar-refractivity contribution is 5.30. The third-order valence-corrected chi connectivity index (χ3v) is 2.77. The Hall–Kier alpha value is -0.900. The molecule has 3 heteroatoms. The number of aliphatic hydroxyl groups excluding tert-OH is 1. The highest BCUT2D eigenvalue weighted by atomic mass is 16.3.